The van der Waals surface area contributed by atoms with Crippen molar-refractivity contribution in [3.05, 3.63) is 48.6 Å². The highest BCUT2D eigenvalue weighted by Gasteiger charge is 2.77. The maximum atomic E-state index is 13.1. The third-order valence-electron chi connectivity index (χ3n) is 8.09. The Morgan fingerprint density at radius 1 is 1.15 bits per heavy atom. The van der Waals surface area contributed by atoms with Crippen LogP contribution in [0.2, 0.25) is 0 Å². The number of methoxy groups -OCH3 is 1. The molecule has 5 fully saturated rings. The first-order chi connectivity index (χ1) is 16.4. The van der Waals surface area contributed by atoms with Gasteiger partial charge in [0, 0.05) is 13.0 Å². The summed E-state index contributed by atoms with van der Waals surface area (Å²) in [5, 5.41) is 0. The number of rotatable bonds is 10. The molecule has 1 aromatic carbocycles. The van der Waals surface area contributed by atoms with Crippen LogP contribution < -0.4 is 0 Å². The standard InChI is InChI=1S/C27H36O7/c1-5-9-21-25(28)32-22-12-18-19(14-31-16-29-4)20(15-30-13-17-10-7-6-8-11-17)23(22)27(21)24(18)33-26(2,3)34-27/h5-8,10-11,18-24H,1,9,12-16H2,2-4H3/t18-,19-,20+,21-,22+,23-,24+,27-/m0/s1. The van der Waals surface area contributed by atoms with Crippen molar-refractivity contribution in [3.63, 3.8) is 0 Å². The Morgan fingerprint density at radius 3 is 2.65 bits per heavy atom. The fraction of sp³-hybridized carbons (Fsp3) is 0.667. The van der Waals surface area contributed by atoms with E-state index < -0.39 is 17.3 Å². The molecule has 0 unspecified atom stereocenters. The van der Waals surface area contributed by atoms with Crippen molar-refractivity contribution >= 4 is 5.97 Å². The molecule has 5 aliphatic rings. The Labute approximate surface area is 201 Å². The van der Waals surface area contributed by atoms with E-state index in [1.54, 1.807) is 13.2 Å². The minimum Gasteiger partial charge on any atom is -0.462 e. The molecule has 2 aliphatic heterocycles. The van der Waals surface area contributed by atoms with Crippen molar-refractivity contribution < 1.29 is 33.2 Å². The second-order valence-electron chi connectivity index (χ2n) is 10.5. The van der Waals surface area contributed by atoms with Gasteiger partial charge in [0.2, 0.25) is 0 Å². The Kier molecular flexibility index (Phi) is 6.59. The molecular formula is C27H36O7. The molecule has 0 aromatic heterocycles. The van der Waals surface area contributed by atoms with Crippen LogP contribution in [-0.2, 0) is 39.8 Å². The van der Waals surface area contributed by atoms with E-state index in [1.165, 1.54) is 0 Å². The van der Waals surface area contributed by atoms with Gasteiger partial charge in [0.1, 0.15) is 18.5 Å². The van der Waals surface area contributed by atoms with Gasteiger partial charge in [-0.05, 0) is 50.0 Å². The van der Waals surface area contributed by atoms with Gasteiger partial charge in [0.05, 0.1) is 31.8 Å². The lowest BCUT2D eigenvalue weighted by molar-refractivity contribution is -0.287. The van der Waals surface area contributed by atoms with Crippen LogP contribution in [0.1, 0.15) is 32.3 Å². The van der Waals surface area contributed by atoms with E-state index >= 15 is 0 Å². The van der Waals surface area contributed by atoms with E-state index in [9.17, 15) is 4.79 Å². The van der Waals surface area contributed by atoms with Crippen LogP contribution in [0, 0.1) is 29.6 Å². The smallest absolute Gasteiger partial charge is 0.312 e. The quantitative estimate of drug-likeness (QED) is 0.222. The van der Waals surface area contributed by atoms with Gasteiger partial charge in [0.25, 0.3) is 0 Å². The minimum atomic E-state index is -0.787. The lowest BCUT2D eigenvalue weighted by Crippen LogP contribution is -2.75. The predicted octanol–water partition coefficient (Wildman–Crippen LogP) is 3.71. The van der Waals surface area contributed by atoms with Crippen LogP contribution in [0.3, 0.4) is 0 Å². The Morgan fingerprint density at radius 2 is 1.91 bits per heavy atom. The number of fused-ring (bicyclic) bond motifs is 1. The lowest BCUT2D eigenvalue weighted by Gasteiger charge is -2.64. The van der Waals surface area contributed by atoms with Gasteiger partial charge in [-0.15, -0.1) is 6.58 Å². The zero-order valence-electron chi connectivity index (χ0n) is 20.3. The minimum absolute atomic E-state index is 0.0427. The molecule has 2 heterocycles. The molecule has 3 saturated carbocycles. The first kappa shape index (κ1) is 23.9. The fourth-order valence-electron chi connectivity index (χ4n) is 7.12. The number of hydrogen-bond acceptors (Lipinski definition) is 7. The molecule has 0 amide bonds. The zero-order valence-corrected chi connectivity index (χ0v) is 20.3. The lowest BCUT2D eigenvalue weighted by atomic mass is 9.46. The van der Waals surface area contributed by atoms with E-state index in [0.717, 1.165) is 12.0 Å². The molecule has 6 rings (SSSR count). The molecule has 8 atom stereocenters. The highest BCUT2D eigenvalue weighted by atomic mass is 16.8. The second-order valence-corrected chi connectivity index (χ2v) is 10.5. The first-order valence-electron chi connectivity index (χ1n) is 12.3. The molecule has 3 aliphatic carbocycles. The van der Waals surface area contributed by atoms with Gasteiger partial charge in [-0.25, -0.2) is 0 Å². The average molecular weight is 473 g/mol. The Balaban J connectivity index is 1.48. The molecule has 7 heteroatoms. The number of hydrogen-bond donors (Lipinski definition) is 0. The van der Waals surface area contributed by atoms with Crippen LogP contribution in [0.25, 0.3) is 0 Å². The summed E-state index contributed by atoms with van der Waals surface area (Å²) in [7, 11) is 1.63. The van der Waals surface area contributed by atoms with E-state index in [4.69, 9.17) is 28.4 Å². The summed E-state index contributed by atoms with van der Waals surface area (Å²) < 4.78 is 36.7. The van der Waals surface area contributed by atoms with Gasteiger partial charge in [-0.1, -0.05) is 36.4 Å². The molecule has 186 valence electrons. The number of carbonyl (C=O) groups excluding carboxylic acids is 1. The highest BCUT2D eigenvalue weighted by Crippen LogP contribution is 2.66. The summed E-state index contributed by atoms with van der Waals surface area (Å²) in [5.41, 5.74) is 0.378. The normalized spacial score (nSPS) is 39.5. The fourth-order valence-corrected chi connectivity index (χ4v) is 7.12. The van der Waals surface area contributed by atoms with Crippen molar-refractivity contribution in [2.75, 3.05) is 27.1 Å². The second kappa shape index (κ2) is 9.36. The predicted molar refractivity (Wildman–Crippen MR) is 123 cm³/mol. The zero-order chi connectivity index (χ0) is 23.9. The number of allylic oxidation sites excluding steroid dienone is 1. The topological polar surface area (TPSA) is 72.5 Å². The van der Waals surface area contributed by atoms with E-state index in [-0.39, 0.29) is 48.6 Å². The number of benzene rings is 1. The van der Waals surface area contributed by atoms with Crippen molar-refractivity contribution in [1.82, 2.24) is 0 Å². The summed E-state index contributed by atoms with van der Waals surface area (Å²) in [6.07, 6.45) is 2.61. The molecule has 0 radical (unpaired) electrons. The van der Waals surface area contributed by atoms with Gasteiger partial charge >= 0.3 is 5.97 Å². The van der Waals surface area contributed by atoms with E-state index in [1.807, 2.05) is 32.0 Å². The van der Waals surface area contributed by atoms with Crippen LogP contribution >= 0.6 is 0 Å². The largest absolute Gasteiger partial charge is 0.462 e. The average Bonchev–Trinajstić information content (AvgIpc) is 3.10. The monoisotopic (exact) mass is 472 g/mol. The van der Waals surface area contributed by atoms with Crippen LogP contribution in [0.4, 0.5) is 0 Å². The summed E-state index contributed by atoms with van der Waals surface area (Å²) in [6, 6.07) is 10.2. The molecule has 34 heavy (non-hydrogen) atoms. The van der Waals surface area contributed by atoms with Gasteiger partial charge in [-0.2, -0.15) is 0 Å². The van der Waals surface area contributed by atoms with E-state index in [0.29, 0.717) is 26.2 Å². The number of ether oxygens (including phenoxy) is 6. The maximum absolute atomic E-state index is 13.1. The third kappa shape index (κ3) is 3.91. The van der Waals surface area contributed by atoms with Crippen LogP contribution in [0.5, 0.6) is 0 Å². The van der Waals surface area contributed by atoms with Gasteiger partial charge in [-0.3, -0.25) is 4.79 Å². The highest BCUT2D eigenvalue weighted by molar-refractivity contribution is 5.76. The van der Waals surface area contributed by atoms with E-state index in [2.05, 4.69) is 18.7 Å². The Hall–Kier alpha value is -1.77. The van der Waals surface area contributed by atoms with Gasteiger partial charge in [0.15, 0.2) is 5.79 Å². The van der Waals surface area contributed by atoms with Gasteiger partial charge < -0.3 is 28.4 Å². The van der Waals surface area contributed by atoms with Crippen molar-refractivity contribution in [1.29, 1.82) is 0 Å². The first-order valence-corrected chi connectivity index (χ1v) is 12.3. The van der Waals surface area contributed by atoms with Crippen molar-refractivity contribution in [2.45, 2.75) is 56.9 Å². The maximum Gasteiger partial charge on any atom is 0.312 e. The SMILES string of the molecule is C=CC[C@H]1C(=O)O[C@@H]2C[C@H]3[C@H](COCOC)[C@@H](COCc4ccccc4)[C@@H]2[C@@]12OC(C)(C)O[C@H]32. The number of carbonyl (C=O) groups is 1. The molecule has 2 saturated heterocycles. The summed E-state index contributed by atoms with van der Waals surface area (Å²) in [6.45, 7) is 9.63. The van der Waals surface area contributed by atoms with Crippen molar-refractivity contribution in [3.8, 4) is 0 Å². The molecule has 1 spiro atoms. The summed E-state index contributed by atoms with van der Waals surface area (Å²) >= 11 is 0. The molecule has 4 bridgehead atoms. The van der Waals surface area contributed by atoms with Crippen LogP contribution in [-0.4, -0.2) is 56.7 Å². The number of esters is 1. The molecule has 7 nitrogen and oxygen atoms in total. The summed E-state index contributed by atoms with van der Waals surface area (Å²) in [5.74, 6) is -1.08. The van der Waals surface area contributed by atoms with Crippen LogP contribution in [0.15, 0.2) is 43.0 Å². The molecular weight excluding hydrogens is 436 g/mol. The summed E-state index contributed by atoms with van der Waals surface area (Å²) in [4.78, 5) is 13.1. The third-order valence-corrected chi connectivity index (χ3v) is 8.09. The van der Waals surface area contributed by atoms with Crippen molar-refractivity contribution in [2.24, 2.45) is 29.6 Å². The Bertz CT molecular complexity index is 886. The molecule has 0 N–H and O–H groups in total. The molecule has 1 aromatic rings.